The monoisotopic (exact) mass is 445 g/mol. The van der Waals surface area contributed by atoms with Gasteiger partial charge in [0.05, 0.1) is 12.6 Å². The second kappa shape index (κ2) is 7.63. The van der Waals surface area contributed by atoms with Crippen LogP contribution >= 0.6 is 0 Å². The summed E-state index contributed by atoms with van der Waals surface area (Å²) in [6, 6.07) is 10.8. The average molecular weight is 445 g/mol. The molecule has 2 atom stereocenters. The Bertz CT molecular complexity index is 1160. The number of amides is 1. The molecular formula is C22H18F3N3O4. The first-order valence-electron chi connectivity index (χ1n) is 10.1. The number of alkyl halides is 3. The van der Waals surface area contributed by atoms with Gasteiger partial charge < -0.3 is 19.3 Å². The van der Waals surface area contributed by atoms with Gasteiger partial charge in [-0.25, -0.2) is 0 Å². The Kier molecular flexibility index (Phi) is 4.89. The maximum absolute atomic E-state index is 12.3. The second-order valence-electron chi connectivity index (χ2n) is 7.79. The largest absolute Gasteiger partial charge is 0.573 e. The molecular weight excluding hydrogens is 427 g/mol. The standard InChI is InChI=1S/C22H18F3N3O4/c23-22(24,25)31-14-6-4-12(5-7-14)21-26-20(27-32-21)16-3-1-2-15-17(16)10-13-11-18(30)28(8-9-29)19(13)15/h1-7,13,19,29H,8-11H2/t13-,19+/m1/s1. The Hall–Kier alpha value is -3.40. The molecule has 0 unspecified atom stereocenters. The van der Waals surface area contributed by atoms with E-state index in [-0.39, 0.29) is 36.1 Å². The van der Waals surface area contributed by atoms with E-state index in [9.17, 15) is 23.1 Å². The zero-order valence-electron chi connectivity index (χ0n) is 16.7. The SMILES string of the molecule is O=C1C[C@H]2Cc3c(-c4noc(-c5ccc(OC(F)(F)F)cc5)n4)cccc3[C@H]2N1CCO. The number of nitrogens with zero attached hydrogens (tertiary/aromatic N) is 3. The number of carbonyl (C=O) groups excluding carboxylic acids is 1. The number of hydrogen-bond donors (Lipinski definition) is 1. The maximum Gasteiger partial charge on any atom is 0.573 e. The lowest BCUT2D eigenvalue weighted by molar-refractivity contribution is -0.274. The quantitative estimate of drug-likeness (QED) is 0.644. The fourth-order valence-corrected chi connectivity index (χ4v) is 4.67. The molecule has 1 aromatic heterocycles. The van der Waals surface area contributed by atoms with E-state index in [4.69, 9.17) is 4.52 Å². The second-order valence-corrected chi connectivity index (χ2v) is 7.79. The van der Waals surface area contributed by atoms with Crippen molar-refractivity contribution in [1.29, 1.82) is 0 Å². The van der Waals surface area contributed by atoms with Gasteiger partial charge in [-0.3, -0.25) is 4.79 Å². The Morgan fingerprint density at radius 1 is 1.16 bits per heavy atom. The average Bonchev–Trinajstić information content (AvgIpc) is 3.43. The van der Waals surface area contributed by atoms with E-state index in [1.165, 1.54) is 24.3 Å². The third kappa shape index (κ3) is 3.60. The van der Waals surface area contributed by atoms with Gasteiger partial charge >= 0.3 is 6.36 Å². The summed E-state index contributed by atoms with van der Waals surface area (Å²) in [6.45, 7) is 0.203. The molecule has 32 heavy (non-hydrogen) atoms. The van der Waals surface area contributed by atoms with Crippen molar-refractivity contribution in [2.75, 3.05) is 13.2 Å². The van der Waals surface area contributed by atoms with Crippen molar-refractivity contribution in [3.05, 3.63) is 53.6 Å². The normalized spacial score (nSPS) is 19.9. The highest BCUT2D eigenvalue weighted by atomic mass is 19.4. The molecule has 1 amide bonds. The number of rotatable bonds is 5. The van der Waals surface area contributed by atoms with Gasteiger partial charge in [0, 0.05) is 24.1 Å². The molecule has 166 valence electrons. The van der Waals surface area contributed by atoms with Gasteiger partial charge in [-0.15, -0.1) is 13.2 Å². The van der Waals surface area contributed by atoms with Crippen LogP contribution in [0.25, 0.3) is 22.8 Å². The summed E-state index contributed by atoms with van der Waals surface area (Å²) in [5.41, 5.74) is 3.31. The number of likely N-dealkylation sites (tertiary alicyclic amines) is 1. The predicted octanol–water partition coefficient (Wildman–Crippen LogP) is 3.74. The topological polar surface area (TPSA) is 88.7 Å². The van der Waals surface area contributed by atoms with E-state index in [0.29, 0.717) is 30.8 Å². The molecule has 5 rings (SSSR count). The molecule has 7 nitrogen and oxygen atoms in total. The minimum absolute atomic E-state index is 0.0462. The number of halogens is 3. The number of β-amino-alcohol motifs (C(OH)–C–C–N with tert-alkyl or cyclic N) is 1. The Labute approximate surface area is 180 Å². The van der Waals surface area contributed by atoms with E-state index < -0.39 is 6.36 Å². The summed E-state index contributed by atoms with van der Waals surface area (Å²) in [5, 5.41) is 13.4. The molecule has 3 aromatic rings. The molecule has 1 fully saturated rings. The van der Waals surface area contributed by atoms with Gasteiger partial charge in [0.25, 0.3) is 5.89 Å². The Morgan fingerprint density at radius 3 is 2.66 bits per heavy atom. The van der Waals surface area contributed by atoms with Crippen LogP contribution in [0.1, 0.15) is 23.6 Å². The molecule has 2 aliphatic rings. The van der Waals surface area contributed by atoms with Crippen LogP contribution < -0.4 is 4.74 Å². The number of benzene rings is 2. The van der Waals surface area contributed by atoms with E-state index >= 15 is 0 Å². The minimum Gasteiger partial charge on any atom is -0.406 e. The van der Waals surface area contributed by atoms with Crippen LogP contribution in [-0.2, 0) is 11.2 Å². The van der Waals surface area contributed by atoms with Crippen LogP contribution in [0.2, 0.25) is 0 Å². The summed E-state index contributed by atoms with van der Waals surface area (Å²) in [6.07, 6.45) is -3.64. The zero-order chi connectivity index (χ0) is 22.5. The third-order valence-electron chi connectivity index (χ3n) is 5.88. The fourth-order valence-electron chi connectivity index (χ4n) is 4.67. The van der Waals surface area contributed by atoms with Crippen molar-refractivity contribution in [3.8, 4) is 28.6 Å². The molecule has 10 heteroatoms. The molecule has 0 radical (unpaired) electrons. The highest BCUT2D eigenvalue weighted by molar-refractivity contribution is 5.81. The molecule has 0 spiro atoms. The summed E-state index contributed by atoms with van der Waals surface area (Å²) in [4.78, 5) is 18.5. The number of aliphatic hydroxyl groups is 1. The number of ether oxygens (including phenoxy) is 1. The molecule has 0 saturated carbocycles. The zero-order valence-corrected chi connectivity index (χ0v) is 16.7. The van der Waals surface area contributed by atoms with Gasteiger partial charge in [-0.05, 0) is 47.7 Å². The van der Waals surface area contributed by atoms with Crippen molar-refractivity contribution in [2.24, 2.45) is 5.92 Å². The number of carbonyl (C=O) groups is 1. The molecule has 1 saturated heterocycles. The van der Waals surface area contributed by atoms with Crippen LogP contribution in [0.15, 0.2) is 47.0 Å². The van der Waals surface area contributed by atoms with Crippen LogP contribution in [0.4, 0.5) is 13.2 Å². The first kappa shape index (κ1) is 20.5. The van der Waals surface area contributed by atoms with Crippen molar-refractivity contribution in [3.63, 3.8) is 0 Å². The predicted molar refractivity (Wildman–Crippen MR) is 105 cm³/mol. The summed E-state index contributed by atoms with van der Waals surface area (Å²) < 4.78 is 46.3. The first-order chi connectivity index (χ1) is 15.3. The number of aromatic nitrogens is 2. The van der Waals surface area contributed by atoms with Gasteiger partial charge in [-0.1, -0.05) is 23.4 Å². The van der Waals surface area contributed by atoms with Crippen molar-refractivity contribution < 1.29 is 32.3 Å². The molecule has 0 bridgehead atoms. The highest BCUT2D eigenvalue weighted by Crippen LogP contribution is 2.49. The lowest BCUT2D eigenvalue weighted by atomic mass is 10.0. The minimum atomic E-state index is -4.76. The number of aliphatic hydroxyl groups excluding tert-OH is 1. The smallest absolute Gasteiger partial charge is 0.406 e. The highest BCUT2D eigenvalue weighted by Gasteiger charge is 2.46. The van der Waals surface area contributed by atoms with E-state index in [0.717, 1.165) is 16.7 Å². The van der Waals surface area contributed by atoms with Gasteiger partial charge in [0.2, 0.25) is 11.7 Å². The fraction of sp³-hybridized carbons (Fsp3) is 0.318. The van der Waals surface area contributed by atoms with Crippen molar-refractivity contribution >= 4 is 5.91 Å². The molecule has 1 aliphatic carbocycles. The molecule has 1 aliphatic heterocycles. The van der Waals surface area contributed by atoms with Crippen LogP contribution in [0.5, 0.6) is 5.75 Å². The van der Waals surface area contributed by atoms with Gasteiger partial charge in [-0.2, -0.15) is 4.98 Å². The molecule has 1 N–H and O–H groups in total. The number of hydrogen-bond acceptors (Lipinski definition) is 6. The molecule has 2 aromatic carbocycles. The lowest BCUT2D eigenvalue weighted by Crippen LogP contribution is -2.30. The van der Waals surface area contributed by atoms with Gasteiger partial charge in [0.15, 0.2) is 0 Å². The Balaban J connectivity index is 1.43. The van der Waals surface area contributed by atoms with Crippen LogP contribution in [0, 0.1) is 5.92 Å². The van der Waals surface area contributed by atoms with E-state index in [1.54, 1.807) is 4.90 Å². The van der Waals surface area contributed by atoms with Gasteiger partial charge in [0.1, 0.15) is 5.75 Å². The summed E-state index contributed by atoms with van der Waals surface area (Å²) in [7, 11) is 0. The maximum atomic E-state index is 12.3. The van der Waals surface area contributed by atoms with Crippen LogP contribution in [-0.4, -0.2) is 45.6 Å². The Morgan fingerprint density at radius 2 is 1.94 bits per heavy atom. The first-order valence-corrected chi connectivity index (χ1v) is 10.1. The number of fused-ring (bicyclic) bond motifs is 3. The van der Waals surface area contributed by atoms with Crippen molar-refractivity contribution in [2.45, 2.75) is 25.2 Å². The van der Waals surface area contributed by atoms with Crippen molar-refractivity contribution in [1.82, 2.24) is 15.0 Å². The summed E-state index contributed by atoms with van der Waals surface area (Å²) >= 11 is 0. The third-order valence-corrected chi connectivity index (χ3v) is 5.88. The lowest BCUT2D eigenvalue weighted by Gasteiger charge is -2.24. The molecule has 2 heterocycles. The summed E-state index contributed by atoms with van der Waals surface area (Å²) in [5.74, 6) is 0.386. The van der Waals surface area contributed by atoms with Crippen LogP contribution in [0.3, 0.4) is 0 Å². The van der Waals surface area contributed by atoms with E-state index in [1.807, 2.05) is 18.2 Å². The van der Waals surface area contributed by atoms with E-state index in [2.05, 4.69) is 14.9 Å².